The molecule has 4 aromatic rings. The SMILES string of the molecule is COc1nc(-c2cccc(-c3cccc(-c4ccc(CNC[C@]56CC[C@H](C5)C(=O)C6)c(OC)n4)c3Cl)c2Cl)ccc1CCC[C@]12CC[C@H](C1)C(=O)N2. The Balaban J connectivity index is 0.989. The summed E-state index contributed by atoms with van der Waals surface area (Å²) in [5, 5.41) is 7.91. The van der Waals surface area contributed by atoms with Crippen LogP contribution < -0.4 is 20.1 Å². The van der Waals surface area contributed by atoms with Gasteiger partial charge in [0.25, 0.3) is 0 Å². The molecule has 52 heavy (non-hydrogen) atoms. The number of benzene rings is 2. The zero-order valence-corrected chi connectivity index (χ0v) is 31.2. The predicted octanol–water partition coefficient (Wildman–Crippen LogP) is 8.64. The van der Waals surface area contributed by atoms with E-state index >= 15 is 0 Å². The van der Waals surface area contributed by atoms with Gasteiger partial charge >= 0.3 is 0 Å². The highest BCUT2D eigenvalue weighted by atomic mass is 35.5. The highest BCUT2D eigenvalue weighted by molar-refractivity contribution is 6.39. The molecule has 3 saturated carbocycles. The number of ether oxygens (including phenoxy) is 2. The molecule has 10 heteroatoms. The summed E-state index contributed by atoms with van der Waals surface area (Å²) in [5.41, 5.74) is 6.59. The third-order valence-electron chi connectivity index (χ3n) is 12.1. The lowest BCUT2D eigenvalue weighted by atomic mass is 9.84. The van der Waals surface area contributed by atoms with Crippen LogP contribution in [0.4, 0.5) is 0 Å². The van der Waals surface area contributed by atoms with Gasteiger partial charge in [0.15, 0.2) is 0 Å². The van der Waals surface area contributed by atoms with Crippen molar-refractivity contribution in [1.82, 2.24) is 20.6 Å². The quantitative estimate of drug-likeness (QED) is 0.142. The number of hydrogen-bond acceptors (Lipinski definition) is 7. The molecule has 3 aliphatic carbocycles. The molecule has 4 aliphatic rings. The summed E-state index contributed by atoms with van der Waals surface area (Å²) in [6, 6.07) is 19.8. The Bertz CT molecular complexity index is 1910. The highest BCUT2D eigenvalue weighted by Gasteiger charge is 2.50. The standard InChI is InChI=1S/C42H44Cl2N4O4/c1-51-39-25(6-5-17-42-19-16-27(21-42)38(50)48-42)11-13-33(46-39)31-9-3-7-29(36(31)43)30-8-4-10-32(37(30)44)34-14-12-28(40(47-34)52-2)23-45-24-41-18-15-26(20-41)35(49)22-41/h3-4,7-14,26-27,45H,5-6,15-24H2,1-2H3,(H,48,50)/t26-,27-,41-,42+/m1/s1. The molecule has 0 unspecified atom stereocenters. The van der Waals surface area contributed by atoms with E-state index < -0.39 is 0 Å². The molecule has 2 aromatic heterocycles. The molecule has 4 bridgehead atoms. The lowest BCUT2D eigenvalue weighted by Gasteiger charge is -2.27. The molecule has 2 N–H and O–H groups in total. The number of fused-ring (bicyclic) bond motifs is 4. The van der Waals surface area contributed by atoms with Crippen molar-refractivity contribution in [2.24, 2.45) is 17.3 Å². The molecule has 1 amide bonds. The van der Waals surface area contributed by atoms with E-state index in [-0.39, 0.29) is 28.7 Å². The first kappa shape index (κ1) is 35.1. The summed E-state index contributed by atoms with van der Waals surface area (Å²) in [6.45, 7) is 1.43. The fraction of sp³-hybridized carbons (Fsp3) is 0.429. The summed E-state index contributed by atoms with van der Waals surface area (Å²) in [6.07, 6.45) is 9.61. The number of pyridine rings is 2. The van der Waals surface area contributed by atoms with E-state index in [0.29, 0.717) is 51.9 Å². The minimum absolute atomic E-state index is 0.0316. The van der Waals surface area contributed by atoms with Crippen LogP contribution in [0.1, 0.15) is 68.9 Å². The van der Waals surface area contributed by atoms with Gasteiger partial charge in [0, 0.05) is 70.3 Å². The molecule has 270 valence electrons. The molecular formula is C42H44Cl2N4O4. The maximum Gasteiger partial charge on any atom is 0.223 e. The van der Waals surface area contributed by atoms with Crippen molar-refractivity contribution in [2.75, 3.05) is 20.8 Å². The summed E-state index contributed by atoms with van der Waals surface area (Å²) in [7, 11) is 3.27. The van der Waals surface area contributed by atoms with E-state index in [1.54, 1.807) is 14.2 Å². The molecule has 4 atom stereocenters. The molecule has 4 fully saturated rings. The topological polar surface area (TPSA) is 102 Å². The Hall–Kier alpha value is -3.98. The number of piperidine rings is 1. The first-order valence-corrected chi connectivity index (χ1v) is 19.2. The average Bonchev–Trinajstić information content (AvgIpc) is 3.92. The maximum atomic E-state index is 12.2. The fourth-order valence-electron chi connectivity index (χ4n) is 9.37. The minimum Gasteiger partial charge on any atom is -0.481 e. The number of halogens is 2. The minimum atomic E-state index is -0.0316. The first-order chi connectivity index (χ1) is 25.2. The Morgan fingerprint density at radius 2 is 1.40 bits per heavy atom. The molecule has 3 heterocycles. The lowest BCUT2D eigenvalue weighted by Crippen LogP contribution is -2.43. The molecule has 8 nitrogen and oxygen atoms in total. The fourth-order valence-corrected chi connectivity index (χ4v) is 10.0. The van der Waals surface area contributed by atoms with Crippen molar-refractivity contribution in [2.45, 2.75) is 76.3 Å². The first-order valence-electron chi connectivity index (χ1n) is 18.4. The Labute approximate surface area is 315 Å². The van der Waals surface area contributed by atoms with Gasteiger partial charge in [0.2, 0.25) is 17.7 Å². The molecular weight excluding hydrogens is 695 g/mol. The van der Waals surface area contributed by atoms with E-state index in [1.807, 2.05) is 54.6 Å². The second-order valence-electron chi connectivity index (χ2n) is 15.3. The smallest absolute Gasteiger partial charge is 0.223 e. The summed E-state index contributed by atoms with van der Waals surface area (Å²) in [4.78, 5) is 34.1. The summed E-state index contributed by atoms with van der Waals surface area (Å²) < 4.78 is 11.5. The summed E-state index contributed by atoms with van der Waals surface area (Å²) >= 11 is 14.3. The number of nitrogens with one attached hydrogen (secondary N) is 2. The van der Waals surface area contributed by atoms with Gasteiger partial charge in [0.1, 0.15) is 5.78 Å². The van der Waals surface area contributed by atoms with Gasteiger partial charge in [-0.05, 0) is 75.3 Å². The maximum absolute atomic E-state index is 12.2. The third-order valence-corrected chi connectivity index (χ3v) is 12.9. The number of methoxy groups -OCH3 is 2. The van der Waals surface area contributed by atoms with E-state index in [0.717, 1.165) is 97.7 Å². The van der Waals surface area contributed by atoms with Crippen molar-refractivity contribution < 1.29 is 19.1 Å². The molecule has 1 saturated heterocycles. The van der Waals surface area contributed by atoms with Crippen molar-refractivity contribution in [1.29, 1.82) is 0 Å². The highest BCUT2D eigenvalue weighted by Crippen LogP contribution is 2.52. The van der Waals surface area contributed by atoms with Gasteiger partial charge in [-0.1, -0.05) is 71.7 Å². The lowest BCUT2D eigenvalue weighted by molar-refractivity contribution is -0.124. The number of ketones is 1. The number of aryl methyl sites for hydroxylation is 1. The van der Waals surface area contributed by atoms with E-state index in [1.165, 1.54) is 0 Å². The Kier molecular flexibility index (Phi) is 9.51. The van der Waals surface area contributed by atoms with Crippen LogP contribution in [-0.2, 0) is 22.6 Å². The monoisotopic (exact) mass is 738 g/mol. The second-order valence-corrected chi connectivity index (χ2v) is 16.1. The molecule has 1 aliphatic heterocycles. The van der Waals surface area contributed by atoms with Gasteiger partial charge in [0.05, 0.1) is 35.7 Å². The average molecular weight is 740 g/mol. The Morgan fingerprint density at radius 3 is 1.96 bits per heavy atom. The van der Waals surface area contributed by atoms with E-state index in [2.05, 4.69) is 16.7 Å². The number of aromatic nitrogens is 2. The number of carbonyl (C=O) groups is 2. The number of nitrogens with zero attached hydrogens (tertiary/aromatic N) is 2. The van der Waals surface area contributed by atoms with Gasteiger partial charge in [-0.15, -0.1) is 0 Å². The molecule has 0 radical (unpaired) electrons. The molecule has 0 spiro atoms. The van der Waals surface area contributed by atoms with Gasteiger partial charge < -0.3 is 20.1 Å². The number of hydrogen-bond donors (Lipinski definition) is 2. The number of carbonyl (C=O) groups excluding carboxylic acids is 2. The zero-order valence-electron chi connectivity index (χ0n) is 29.7. The van der Waals surface area contributed by atoms with Crippen molar-refractivity contribution >= 4 is 34.9 Å². The number of amides is 1. The predicted molar refractivity (Wildman–Crippen MR) is 204 cm³/mol. The van der Waals surface area contributed by atoms with Crippen molar-refractivity contribution in [3.8, 4) is 45.4 Å². The summed E-state index contributed by atoms with van der Waals surface area (Å²) in [5.74, 6) is 2.24. The third kappa shape index (κ3) is 6.48. The van der Waals surface area contributed by atoms with Crippen LogP contribution in [0.25, 0.3) is 33.6 Å². The van der Waals surface area contributed by atoms with E-state index in [4.69, 9.17) is 42.6 Å². The van der Waals surface area contributed by atoms with E-state index in [9.17, 15) is 9.59 Å². The van der Waals surface area contributed by atoms with Crippen LogP contribution in [0.3, 0.4) is 0 Å². The molecule has 2 aromatic carbocycles. The van der Waals surface area contributed by atoms with Crippen LogP contribution in [0.15, 0.2) is 60.7 Å². The van der Waals surface area contributed by atoms with Crippen molar-refractivity contribution in [3.05, 3.63) is 81.8 Å². The van der Waals surface area contributed by atoms with Crippen LogP contribution in [0.2, 0.25) is 10.0 Å². The van der Waals surface area contributed by atoms with Gasteiger partial charge in [-0.2, -0.15) is 0 Å². The van der Waals surface area contributed by atoms with Crippen LogP contribution in [0.5, 0.6) is 11.8 Å². The molecule has 8 rings (SSSR count). The zero-order chi connectivity index (χ0) is 36.0. The number of Topliss-reactive ketones (excluding diaryl/α,β-unsaturated/α-hetero) is 1. The second kappa shape index (κ2) is 14.1. The number of rotatable bonds is 13. The normalized spacial score (nSPS) is 24.5. The van der Waals surface area contributed by atoms with Crippen molar-refractivity contribution in [3.63, 3.8) is 0 Å². The van der Waals surface area contributed by atoms with Gasteiger partial charge in [-0.25, -0.2) is 9.97 Å². The largest absolute Gasteiger partial charge is 0.481 e. The van der Waals surface area contributed by atoms with Gasteiger partial charge in [-0.3, -0.25) is 9.59 Å². The Morgan fingerprint density at radius 1 is 0.788 bits per heavy atom. The van der Waals surface area contributed by atoms with Crippen LogP contribution in [-0.4, -0.2) is 48.0 Å². The van der Waals surface area contributed by atoms with Crippen LogP contribution in [0, 0.1) is 17.3 Å². The van der Waals surface area contributed by atoms with Crippen LogP contribution >= 0.6 is 23.2 Å².